The Morgan fingerprint density at radius 1 is 1.31 bits per heavy atom. The van der Waals surface area contributed by atoms with Crippen molar-refractivity contribution in [2.45, 2.75) is 33.1 Å². The topological polar surface area (TPSA) is 71.8 Å². The number of quaternary nitrogens is 1. The molecule has 4 heterocycles. The van der Waals surface area contributed by atoms with Crippen molar-refractivity contribution in [1.29, 1.82) is 0 Å². The van der Waals surface area contributed by atoms with Gasteiger partial charge in [0.05, 0.1) is 30.0 Å². The Hall–Kier alpha value is -1.77. The number of piperidine rings is 1. The summed E-state index contributed by atoms with van der Waals surface area (Å²) in [5.74, 6) is 1.78. The predicted octanol–water partition coefficient (Wildman–Crippen LogP) is 1.27. The summed E-state index contributed by atoms with van der Waals surface area (Å²) in [5.41, 5.74) is 1.01. The number of nitrogens with one attached hydrogen (secondary N) is 2. The molecule has 2 fully saturated rings. The van der Waals surface area contributed by atoms with E-state index >= 15 is 0 Å². The van der Waals surface area contributed by atoms with E-state index in [2.05, 4.69) is 27.1 Å². The summed E-state index contributed by atoms with van der Waals surface area (Å²) in [6, 6.07) is 0. The second-order valence-electron chi connectivity index (χ2n) is 8.33. The molecular formula is C21H32N5O2S+. The highest BCUT2D eigenvalue weighted by molar-refractivity contribution is 7.20. The molecule has 0 aromatic carbocycles. The van der Waals surface area contributed by atoms with E-state index in [1.807, 2.05) is 6.92 Å². The zero-order valence-electron chi connectivity index (χ0n) is 17.5. The van der Waals surface area contributed by atoms with Crippen LogP contribution in [0.2, 0.25) is 0 Å². The van der Waals surface area contributed by atoms with Gasteiger partial charge in [-0.3, -0.25) is 4.79 Å². The van der Waals surface area contributed by atoms with E-state index in [4.69, 9.17) is 4.74 Å². The Labute approximate surface area is 176 Å². The molecule has 0 unspecified atom stereocenters. The van der Waals surface area contributed by atoms with E-state index in [9.17, 15) is 4.79 Å². The van der Waals surface area contributed by atoms with Gasteiger partial charge in [-0.1, -0.05) is 6.92 Å². The molecule has 8 heteroatoms. The highest BCUT2D eigenvalue weighted by atomic mass is 32.1. The summed E-state index contributed by atoms with van der Waals surface area (Å²) >= 11 is 1.49. The fourth-order valence-corrected chi connectivity index (χ4v) is 5.32. The van der Waals surface area contributed by atoms with Gasteiger partial charge >= 0.3 is 0 Å². The van der Waals surface area contributed by atoms with E-state index in [1.165, 1.54) is 24.2 Å². The number of hydrogen-bond acceptors (Lipinski definition) is 6. The molecule has 4 rings (SSSR count). The minimum absolute atomic E-state index is 0.0145. The number of carbonyl (C=O) groups excluding carboxylic acids is 1. The van der Waals surface area contributed by atoms with Crippen molar-refractivity contribution >= 4 is 33.3 Å². The van der Waals surface area contributed by atoms with Gasteiger partial charge in [0.1, 0.15) is 30.1 Å². The van der Waals surface area contributed by atoms with Crippen molar-refractivity contribution in [2.24, 2.45) is 5.92 Å². The number of nitrogens with zero attached hydrogens (tertiary/aromatic N) is 3. The van der Waals surface area contributed by atoms with E-state index < -0.39 is 0 Å². The first kappa shape index (κ1) is 20.5. The molecule has 158 valence electrons. The smallest absolute Gasteiger partial charge is 0.261 e. The van der Waals surface area contributed by atoms with Crippen LogP contribution in [0.15, 0.2) is 6.33 Å². The normalized spacial score (nSPS) is 19.0. The SMILES string of the molecule is Cc1c(C(=O)NCCC[NH+]2CCOCC2)sc2ncnc(N3CCC(C)CC3)c12. The maximum absolute atomic E-state index is 12.8. The van der Waals surface area contributed by atoms with Gasteiger partial charge in [-0.25, -0.2) is 9.97 Å². The van der Waals surface area contributed by atoms with Crippen molar-refractivity contribution in [3.05, 3.63) is 16.8 Å². The molecule has 0 saturated carbocycles. The maximum Gasteiger partial charge on any atom is 0.261 e. The highest BCUT2D eigenvalue weighted by Gasteiger charge is 2.24. The molecule has 0 spiro atoms. The van der Waals surface area contributed by atoms with Crippen LogP contribution in [-0.2, 0) is 4.74 Å². The Bertz CT molecular complexity index is 841. The van der Waals surface area contributed by atoms with Crippen LogP contribution in [0.1, 0.15) is 41.4 Å². The van der Waals surface area contributed by atoms with Gasteiger partial charge in [-0.2, -0.15) is 0 Å². The zero-order valence-corrected chi connectivity index (χ0v) is 18.3. The van der Waals surface area contributed by atoms with Crippen LogP contribution >= 0.6 is 11.3 Å². The van der Waals surface area contributed by atoms with Gasteiger partial charge < -0.3 is 19.9 Å². The van der Waals surface area contributed by atoms with E-state index in [1.54, 1.807) is 11.2 Å². The summed E-state index contributed by atoms with van der Waals surface area (Å²) in [6.07, 6.45) is 5.00. The number of carbonyl (C=O) groups is 1. The number of rotatable bonds is 6. The fourth-order valence-electron chi connectivity index (χ4n) is 4.26. The van der Waals surface area contributed by atoms with Crippen molar-refractivity contribution in [3.63, 3.8) is 0 Å². The lowest BCUT2D eigenvalue weighted by atomic mass is 9.99. The molecule has 0 aliphatic carbocycles. The monoisotopic (exact) mass is 418 g/mol. The molecule has 29 heavy (non-hydrogen) atoms. The summed E-state index contributed by atoms with van der Waals surface area (Å²) in [6.45, 7) is 12.0. The number of hydrogen-bond donors (Lipinski definition) is 2. The van der Waals surface area contributed by atoms with E-state index in [0.717, 1.165) is 84.8 Å². The van der Waals surface area contributed by atoms with Gasteiger partial charge in [-0.15, -0.1) is 11.3 Å². The third-order valence-electron chi connectivity index (χ3n) is 6.19. The van der Waals surface area contributed by atoms with Gasteiger partial charge in [0.15, 0.2) is 0 Å². The minimum Gasteiger partial charge on any atom is -0.370 e. The summed E-state index contributed by atoms with van der Waals surface area (Å²) < 4.78 is 5.40. The third kappa shape index (κ3) is 4.70. The van der Waals surface area contributed by atoms with E-state index in [-0.39, 0.29) is 5.91 Å². The van der Waals surface area contributed by atoms with Crippen LogP contribution < -0.4 is 15.1 Å². The average molecular weight is 419 g/mol. The first-order chi connectivity index (χ1) is 14.1. The first-order valence-corrected chi connectivity index (χ1v) is 11.6. The average Bonchev–Trinajstić information content (AvgIpc) is 3.09. The quantitative estimate of drug-likeness (QED) is 0.692. The number of ether oxygens (including phenoxy) is 1. The molecule has 2 aromatic heterocycles. The number of amides is 1. The molecular weight excluding hydrogens is 386 g/mol. The second-order valence-corrected chi connectivity index (χ2v) is 9.32. The molecule has 0 atom stereocenters. The number of anilines is 1. The lowest BCUT2D eigenvalue weighted by Crippen LogP contribution is -3.14. The van der Waals surface area contributed by atoms with Crippen molar-refractivity contribution < 1.29 is 14.4 Å². The fraction of sp³-hybridized carbons (Fsp3) is 0.667. The predicted molar refractivity (Wildman–Crippen MR) is 116 cm³/mol. The van der Waals surface area contributed by atoms with Crippen LogP contribution in [-0.4, -0.2) is 68.4 Å². The summed E-state index contributed by atoms with van der Waals surface area (Å²) in [7, 11) is 0. The third-order valence-corrected chi connectivity index (χ3v) is 7.39. The molecule has 0 radical (unpaired) electrons. The van der Waals surface area contributed by atoms with Crippen LogP contribution in [0, 0.1) is 12.8 Å². The van der Waals surface area contributed by atoms with Crippen LogP contribution in [0.4, 0.5) is 5.82 Å². The van der Waals surface area contributed by atoms with Crippen molar-refractivity contribution in [2.75, 3.05) is 57.4 Å². The molecule has 7 nitrogen and oxygen atoms in total. The van der Waals surface area contributed by atoms with Crippen molar-refractivity contribution in [1.82, 2.24) is 15.3 Å². The standard InChI is InChI=1S/C21H31N5O2S/c1-15-4-8-26(9-5-15)19-17-16(2)18(29-21(17)24-14-23-19)20(27)22-6-3-7-25-10-12-28-13-11-25/h14-15H,3-13H2,1-2H3,(H,22,27)/p+1. The summed E-state index contributed by atoms with van der Waals surface area (Å²) in [5, 5.41) is 4.16. The Balaban J connectivity index is 1.41. The number of aryl methyl sites for hydroxylation is 1. The molecule has 0 bridgehead atoms. The lowest BCUT2D eigenvalue weighted by molar-refractivity contribution is -0.908. The first-order valence-electron chi connectivity index (χ1n) is 10.8. The Morgan fingerprint density at radius 2 is 2.07 bits per heavy atom. The van der Waals surface area contributed by atoms with Gasteiger partial charge in [0.25, 0.3) is 5.91 Å². The molecule has 2 N–H and O–H groups in total. The Morgan fingerprint density at radius 3 is 2.83 bits per heavy atom. The molecule has 1 amide bonds. The van der Waals surface area contributed by atoms with E-state index in [0.29, 0.717) is 6.54 Å². The molecule has 2 aliphatic rings. The molecule has 2 saturated heterocycles. The van der Waals surface area contributed by atoms with Crippen molar-refractivity contribution in [3.8, 4) is 0 Å². The number of thiophene rings is 1. The zero-order chi connectivity index (χ0) is 20.2. The second kappa shape index (κ2) is 9.36. The van der Waals surface area contributed by atoms with Crippen LogP contribution in [0.5, 0.6) is 0 Å². The molecule has 2 aliphatic heterocycles. The minimum atomic E-state index is 0.0145. The number of morpholine rings is 1. The largest absolute Gasteiger partial charge is 0.370 e. The van der Waals surface area contributed by atoms with Gasteiger partial charge in [0, 0.05) is 26.1 Å². The molecule has 2 aromatic rings. The number of aromatic nitrogens is 2. The maximum atomic E-state index is 12.8. The van der Waals surface area contributed by atoms with Gasteiger partial charge in [-0.05, 0) is 31.2 Å². The number of fused-ring (bicyclic) bond motifs is 1. The van der Waals surface area contributed by atoms with Gasteiger partial charge in [0.2, 0.25) is 0 Å². The van der Waals surface area contributed by atoms with Crippen LogP contribution in [0.3, 0.4) is 0 Å². The Kier molecular flexibility index (Phi) is 6.62. The summed E-state index contributed by atoms with van der Waals surface area (Å²) in [4.78, 5) is 27.5. The lowest BCUT2D eigenvalue weighted by Gasteiger charge is -2.31. The van der Waals surface area contributed by atoms with Crippen LogP contribution in [0.25, 0.3) is 10.2 Å². The highest BCUT2D eigenvalue weighted by Crippen LogP contribution is 2.36.